The first kappa shape index (κ1) is 20.4. The van der Waals surface area contributed by atoms with Gasteiger partial charge in [-0.3, -0.25) is 9.58 Å². The summed E-state index contributed by atoms with van der Waals surface area (Å²) < 4.78 is 2.13. The van der Waals surface area contributed by atoms with E-state index >= 15 is 0 Å². The first-order chi connectivity index (χ1) is 11.4. The van der Waals surface area contributed by atoms with E-state index in [1.165, 1.54) is 36.6 Å². The number of aromatic nitrogens is 2. The van der Waals surface area contributed by atoms with Crippen LogP contribution < -0.4 is 0 Å². The Hall–Kier alpha value is -0.870. The van der Waals surface area contributed by atoms with Crippen LogP contribution in [0.25, 0.3) is 0 Å². The molecule has 0 aromatic carbocycles. The number of rotatable bonds is 4. The van der Waals surface area contributed by atoms with Crippen molar-refractivity contribution in [3.8, 4) is 0 Å². The molecule has 0 unspecified atom stereocenters. The number of hydrogen-bond donors (Lipinski definition) is 0. The zero-order valence-corrected chi connectivity index (χ0v) is 18.1. The molecule has 2 rings (SSSR count). The van der Waals surface area contributed by atoms with Crippen molar-refractivity contribution in [1.82, 2.24) is 19.6 Å². The van der Waals surface area contributed by atoms with Crippen LogP contribution in [0.4, 0.5) is 0 Å². The summed E-state index contributed by atoms with van der Waals surface area (Å²) in [4.78, 5) is 5.19. The maximum absolute atomic E-state index is 4.97. The van der Waals surface area contributed by atoms with Gasteiger partial charge in [-0.1, -0.05) is 55.4 Å². The highest BCUT2D eigenvalue weighted by atomic mass is 15.3. The molecule has 25 heavy (non-hydrogen) atoms. The fourth-order valence-corrected chi connectivity index (χ4v) is 4.20. The molecular formula is C21H40N4. The van der Waals surface area contributed by atoms with Crippen LogP contribution in [-0.2, 0) is 24.4 Å². The van der Waals surface area contributed by atoms with Crippen LogP contribution in [0.15, 0.2) is 0 Å². The minimum Gasteiger partial charge on any atom is -0.301 e. The normalized spacial score (nSPS) is 18.3. The Morgan fingerprint density at radius 2 is 1.40 bits per heavy atom. The molecule has 1 aromatic rings. The highest BCUT2D eigenvalue weighted by Gasteiger charge is 2.33. The summed E-state index contributed by atoms with van der Waals surface area (Å²) in [6.45, 7) is 25.4. The third-order valence-electron chi connectivity index (χ3n) is 5.04. The largest absolute Gasteiger partial charge is 0.301 e. The van der Waals surface area contributed by atoms with E-state index < -0.39 is 0 Å². The molecule has 1 aliphatic rings. The molecule has 1 aliphatic heterocycles. The van der Waals surface area contributed by atoms with Crippen molar-refractivity contribution in [2.45, 2.75) is 72.8 Å². The topological polar surface area (TPSA) is 24.3 Å². The van der Waals surface area contributed by atoms with Gasteiger partial charge < -0.3 is 4.90 Å². The number of nitrogens with zero attached hydrogens (tertiary/aromatic N) is 4. The molecule has 1 aromatic heterocycles. The van der Waals surface area contributed by atoms with Gasteiger partial charge in [-0.05, 0) is 11.3 Å². The van der Waals surface area contributed by atoms with Gasteiger partial charge in [-0.15, -0.1) is 0 Å². The molecule has 144 valence electrons. The number of aryl methyl sites for hydroxylation is 1. The van der Waals surface area contributed by atoms with Crippen molar-refractivity contribution >= 4 is 0 Å². The number of hydrogen-bond acceptors (Lipinski definition) is 3. The maximum Gasteiger partial charge on any atom is 0.0805 e. The van der Waals surface area contributed by atoms with Crippen LogP contribution in [0.3, 0.4) is 0 Å². The van der Waals surface area contributed by atoms with Crippen molar-refractivity contribution in [1.29, 1.82) is 0 Å². The number of piperazine rings is 1. The highest BCUT2D eigenvalue weighted by Crippen LogP contribution is 2.36. The van der Waals surface area contributed by atoms with Gasteiger partial charge in [0.05, 0.1) is 5.69 Å². The van der Waals surface area contributed by atoms with E-state index in [9.17, 15) is 0 Å². The van der Waals surface area contributed by atoms with E-state index in [1.807, 2.05) is 0 Å². The molecule has 0 N–H and O–H groups in total. The van der Waals surface area contributed by atoms with Crippen LogP contribution in [0.5, 0.6) is 0 Å². The quantitative estimate of drug-likeness (QED) is 0.827. The molecule has 0 aliphatic carbocycles. The molecule has 2 heterocycles. The van der Waals surface area contributed by atoms with Gasteiger partial charge in [0, 0.05) is 63.0 Å². The molecule has 0 spiro atoms. The lowest BCUT2D eigenvalue weighted by Crippen LogP contribution is -2.47. The fourth-order valence-electron chi connectivity index (χ4n) is 4.20. The molecule has 1 saturated heterocycles. The lowest BCUT2D eigenvalue weighted by molar-refractivity contribution is 0.116. The molecule has 0 saturated carbocycles. The van der Waals surface area contributed by atoms with E-state index in [1.54, 1.807) is 0 Å². The molecule has 4 heteroatoms. The average molecular weight is 349 g/mol. The summed E-state index contributed by atoms with van der Waals surface area (Å²) in [6, 6.07) is 0. The van der Waals surface area contributed by atoms with E-state index in [4.69, 9.17) is 5.10 Å². The van der Waals surface area contributed by atoms with Gasteiger partial charge in [0.15, 0.2) is 0 Å². The second kappa shape index (κ2) is 7.40. The van der Waals surface area contributed by atoms with Gasteiger partial charge in [-0.25, -0.2) is 0 Å². The van der Waals surface area contributed by atoms with E-state index in [0.717, 1.165) is 25.6 Å². The SMILES string of the molecule is CC(C)CN1CCN(Cc2nn(C)c(C(C)(C)C)c2C(C)(C)C)CC1. The Balaban J connectivity index is 2.18. The van der Waals surface area contributed by atoms with E-state index in [-0.39, 0.29) is 10.8 Å². The lowest BCUT2D eigenvalue weighted by atomic mass is 9.78. The molecular weight excluding hydrogens is 308 g/mol. The van der Waals surface area contributed by atoms with Crippen LogP contribution in [0.2, 0.25) is 0 Å². The van der Waals surface area contributed by atoms with Gasteiger partial charge in [0.1, 0.15) is 0 Å². The standard InChI is InChI=1S/C21H40N4/c1-16(2)14-24-10-12-25(13-11-24)15-17-18(20(3,4)5)19(21(6,7)8)23(9)22-17/h16H,10-15H2,1-9H3. The summed E-state index contributed by atoms with van der Waals surface area (Å²) >= 11 is 0. The Kier molecular flexibility index (Phi) is 6.05. The Morgan fingerprint density at radius 1 is 0.880 bits per heavy atom. The van der Waals surface area contributed by atoms with Crippen molar-refractivity contribution < 1.29 is 0 Å². The molecule has 0 amide bonds. The van der Waals surface area contributed by atoms with Crippen LogP contribution in [-0.4, -0.2) is 52.3 Å². The summed E-state index contributed by atoms with van der Waals surface area (Å²) in [6.07, 6.45) is 0. The third-order valence-corrected chi connectivity index (χ3v) is 5.04. The van der Waals surface area contributed by atoms with Crippen molar-refractivity contribution in [2.24, 2.45) is 13.0 Å². The van der Waals surface area contributed by atoms with Crippen molar-refractivity contribution in [2.75, 3.05) is 32.7 Å². The highest BCUT2D eigenvalue weighted by molar-refractivity contribution is 5.37. The minimum atomic E-state index is 0.110. The van der Waals surface area contributed by atoms with Gasteiger partial charge in [-0.2, -0.15) is 5.10 Å². The van der Waals surface area contributed by atoms with Crippen molar-refractivity contribution in [3.63, 3.8) is 0 Å². The summed E-state index contributed by atoms with van der Waals surface area (Å²) in [7, 11) is 2.11. The zero-order valence-electron chi connectivity index (χ0n) is 18.1. The smallest absolute Gasteiger partial charge is 0.0805 e. The van der Waals surface area contributed by atoms with E-state index in [0.29, 0.717) is 0 Å². The fraction of sp³-hybridized carbons (Fsp3) is 0.857. The monoisotopic (exact) mass is 348 g/mol. The summed E-state index contributed by atoms with van der Waals surface area (Å²) in [5, 5.41) is 4.97. The maximum atomic E-state index is 4.97. The first-order valence-corrected chi connectivity index (χ1v) is 9.91. The first-order valence-electron chi connectivity index (χ1n) is 9.91. The third kappa shape index (κ3) is 5.07. The van der Waals surface area contributed by atoms with Gasteiger partial charge >= 0.3 is 0 Å². The van der Waals surface area contributed by atoms with Crippen molar-refractivity contribution in [3.05, 3.63) is 17.0 Å². The molecule has 4 nitrogen and oxygen atoms in total. The lowest BCUT2D eigenvalue weighted by Gasteiger charge is -2.35. The Labute approximate surface area is 155 Å². The van der Waals surface area contributed by atoms with Crippen LogP contribution in [0.1, 0.15) is 72.3 Å². The summed E-state index contributed by atoms with van der Waals surface area (Å²) in [5.41, 5.74) is 4.34. The predicted molar refractivity (Wildman–Crippen MR) is 107 cm³/mol. The minimum absolute atomic E-state index is 0.110. The zero-order chi connectivity index (χ0) is 19.0. The second-order valence-corrected chi connectivity index (χ2v) is 10.3. The van der Waals surface area contributed by atoms with Gasteiger partial charge in [0.25, 0.3) is 0 Å². The van der Waals surface area contributed by atoms with E-state index in [2.05, 4.69) is 76.9 Å². The predicted octanol–water partition coefficient (Wildman–Crippen LogP) is 3.79. The second-order valence-electron chi connectivity index (χ2n) is 10.3. The van der Waals surface area contributed by atoms with Crippen LogP contribution >= 0.6 is 0 Å². The van der Waals surface area contributed by atoms with Crippen LogP contribution in [0, 0.1) is 5.92 Å². The average Bonchev–Trinajstić information content (AvgIpc) is 2.76. The molecule has 0 bridgehead atoms. The molecule has 1 fully saturated rings. The van der Waals surface area contributed by atoms with Gasteiger partial charge in [0.2, 0.25) is 0 Å². The summed E-state index contributed by atoms with van der Waals surface area (Å²) in [5.74, 6) is 0.754. The Bertz CT molecular complexity index is 564. The Morgan fingerprint density at radius 3 is 1.84 bits per heavy atom. The molecule has 0 radical (unpaired) electrons. The molecule has 0 atom stereocenters.